The van der Waals surface area contributed by atoms with Crippen LogP contribution in [-0.2, 0) is 6.61 Å². The Morgan fingerprint density at radius 3 is 2.71 bits per heavy atom. The molecule has 0 unspecified atom stereocenters. The lowest BCUT2D eigenvalue weighted by Crippen LogP contribution is -1.89. The van der Waals surface area contributed by atoms with Crippen LogP contribution in [-0.4, -0.2) is 15.1 Å². The first kappa shape index (κ1) is 10.4. The van der Waals surface area contributed by atoms with Crippen molar-refractivity contribution in [2.24, 2.45) is 0 Å². The molecule has 3 aromatic rings. The SMILES string of the molecule is OCc1ncnc2sc(-c3ccccc3)cc12. The van der Waals surface area contributed by atoms with Gasteiger partial charge in [0.2, 0.25) is 0 Å². The lowest BCUT2D eigenvalue weighted by atomic mass is 10.2. The van der Waals surface area contributed by atoms with Crippen molar-refractivity contribution in [3.63, 3.8) is 0 Å². The second-order valence-electron chi connectivity index (χ2n) is 3.67. The zero-order valence-electron chi connectivity index (χ0n) is 9.00. The quantitative estimate of drug-likeness (QED) is 0.751. The Kier molecular flexibility index (Phi) is 2.59. The number of aromatic nitrogens is 2. The zero-order valence-corrected chi connectivity index (χ0v) is 9.81. The van der Waals surface area contributed by atoms with Crippen LogP contribution in [0.4, 0.5) is 0 Å². The van der Waals surface area contributed by atoms with Crippen molar-refractivity contribution in [2.45, 2.75) is 6.61 Å². The van der Waals surface area contributed by atoms with E-state index >= 15 is 0 Å². The molecule has 0 radical (unpaired) electrons. The van der Waals surface area contributed by atoms with Crippen molar-refractivity contribution < 1.29 is 5.11 Å². The molecule has 2 aromatic heterocycles. The Morgan fingerprint density at radius 1 is 1.12 bits per heavy atom. The number of aliphatic hydroxyl groups is 1. The standard InChI is InChI=1S/C13H10N2OS/c16-7-11-10-6-12(9-4-2-1-3-5-9)17-13(10)15-8-14-11/h1-6,8,16H,7H2. The summed E-state index contributed by atoms with van der Waals surface area (Å²) in [5, 5.41) is 10.2. The van der Waals surface area contributed by atoms with Crippen LogP contribution in [0, 0.1) is 0 Å². The molecular weight excluding hydrogens is 232 g/mol. The second kappa shape index (κ2) is 4.24. The fourth-order valence-corrected chi connectivity index (χ4v) is 2.80. The Balaban J connectivity index is 2.20. The van der Waals surface area contributed by atoms with Gasteiger partial charge in [0.25, 0.3) is 0 Å². The van der Waals surface area contributed by atoms with Gasteiger partial charge in [-0.05, 0) is 11.6 Å². The van der Waals surface area contributed by atoms with Gasteiger partial charge in [-0.15, -0.1) is 11.3 Å². The highest BCUT2D eigenvalue weighted by atomic mass is 32.1. The maximum absolute atomic E-state index is 9.23. The number of rotatable bonds is 2. The Hall–Kier alpha value is -1.78. The highest BCUT2D eigenvalue weighted by Crippen LogP contribution is 2.33. The fourth-order valence-electron chi connectivity index (χ4n) is 1.78. The highest BCUT2D eigenvalue weighted by Gasteiger charge is 2.08. The molecule has 84 valence electrons. The first-order chi connectivity index (χ1) is 8.38. The van der Waals surface area contributed by atoms with Gasteiger partial charge in [-0.25, -0.2) is 9.97 Å². The summed E-state index contributed by atoms with van der Waals surface area (Å²) in [6, 6.07) is 12.2. The normalized spacial score (nSPS) is 10.9. The molecule has 17 heavy (non-hydrogen) atoms. The van der Waals surface area contributed by atoms with Gasteiger partial charge < -0.3 is 5.11 Å². The van der Waals surface area contributed by atoms with Crippen molar-refractivity contribution >= 4 is 21.6 Å². The number of hydrogen-bond acceptors (Lipinski definition) is 4. The van der Waals surface area contributed by atoms with Crippen molar-refractivity contribution in [2.75, 3.05) is 0 Å². The average molecular weight is 242 g/mol. The summed E-state index contributed by atoms with van der Waals surface area (Å²) < 4.78 is 0. The monoisotopic (exact) mass is 242 g/mol. The van der Waals surface area contributed by atoms with Crippen LogP contribution in [0.15, 0.2) is 42.7 Å². The van der Waals surface area contributed by atoms with E-state index in [1.165, 1.54) is 11.9 Å². The molecular formula is C13H10N2OS. The van der Waals surface area contributed by atoms with E-state index in [2.05, 4.69) is 22.1 Å². The Labute approximate surface area is 102 Å². The molecule has 1 aromatic carbocycles. The predicted molar refractivity (Wildman–Crippen MR) is 68.8 cm³/mol. The molecule has 0 fully saturated rings. The van der Waals surface area contributed by atoms with Crippen LogP contribution < -0.4 is 0 Å². The molecule has 2 heterocycles. The summed E-state index contributed by atoms with van der Waals surface area (Å²) in [5.41, 5.74) is 1.85. The molecule has 1 N–H and O–H groups in total. The first-order valence-corrected chi connectivity index (χ1v) is 6.10. The molecule has 0 atom stereocenters. The van der Waals surface area contributed by atoms with Gasteiger partial charge in [0.15, 0.2) is 0 Å². The fraction of sp³-hybridized carbons (Fsp3) is 0.0769. The molecule has 0 aliphatic rings. The minimum absolute atomic E-state index is 0.0516. The van der Waals surface area contributed by atoms with Crippen LogP contribution >= 0.6 is 11.3 Å². The molecule has 0 amide bonds. The van der Waals surface area contributed by atoms with Crippen molar-refractivity contribution in [3.05, 3.63) is 48.4 Å². The van der Waals surface area contributed by atoms with Crippen LogP contribution in [0.5, 0.6) is 0 Å². The minimum Gasteiger partial charge on any atom is -0.390 e. The minimum atomic E-state index is -0.0516. The van der Waals surface area contributed by atoms with Gasteiger partial charge >= 0.3 is 0 Å². The molecule has 0 aliphatic heterocycles. The van der Waals surface area contributed by atoms with Crippen molar-refractivity contribution in [1.82, 2.24) is 9.97 Å². The molecule has 3 rings (SSSR count). The number of nitrogens with zero attached hydrogens (tertiary/aromatic N) is 2. The summed E-state index contributed by atoms with van der Waals surface area (Å²) in [6.45, 7) is -0.0516. The van der Waals surface area contributed by atoms with Crippen LogP contribution in [0.3, 0.4) is 0 Å². The van der Waals surface area contributed by atoms with Gasteiger partial charge in [0.1, 0.15) is 11.2 Å². The summed E-state index contributed by atoms with van der Waals surface area (Å²) in [7, 11) is 0. The van der Waals surface area contributed by atoms with Crippen LogP contribution in [0.1, 0.15) is 5.69 Å². The third-order valence-electron chi connectivity index (χ3n) is 2.62. The topological polar surface area (TPSA) is 46.0 Å². The lowest BCUT2D eigenvalue weighted by Gasteiger charge is -1.94. The summed E-state index contributed by atoms with van der Waals surface area (Å²) in [4.78, 5) is 10.4. The van der Waals surface area contributed by atoms with Crippen LogP contribution in [0.25, 0.3) is 20.7 Å². The predicted octanol–water partition coefficient (Wildman–Crippen LogP) is 2.85. The van der Waals surface area contributed by atoms with E-state index in [4.69, 9.17) is 0 Å². The van der Waals surface area contributed by atoms with Gasteiger partial charge in [0, 0.05) is 10.3 Å². The number of fused-ring (bicyclic) bond motifs is 1. The van der Waals surface area contributed by atoms with E-state index in [-0.39, 0.29) is 6.61 Å². The molecule has 0 saturated carbocycles. The largest absolute Gasteiger partial charge is 0.390 e. The van der Waals surface area contributed by atoms with Gasteiger partial charge in [-0.1, -0.05) is 30.3 Å². The molecule has 0 aliphatic carbocycles. The van der Waals surface area contributed by atoms with E-state index in [1.807, 2.05) is 24.3 Å². The van der Waals surface area contributed by atoms with E-state index in [9.17, 15) is 5.11 Å². The van der Waals surface area contributed by atoms with E-state index in [0.29, 0.717) is 5.69 Å². The van der Waals surface area contributed by atoms with Gasteiger partial charge in [-0.3, -0.25) is 0 Å². The van der Waals surface area contributed by atoms with E-state index in [1.54, 1.807) is 11.3 Å². The summed E-state index contributed by atoms with van der Waals surface area (Å²) in [6.07, 6.45) is 1.50. The second-order valence-corrected chi connectivity index (χ2v) is 4.70. The molecule has 0 spiro atoms. The third-order valence-corrected chi connectivity index (χ3v) is 3.71. The smallest absolute Gasteiger partial charge is 0.127 e. The maximum atomic E-state index is 9.23. The number of benzene rings is 1. The first-order valence-electron chi connectivity index (χ1n) is 5.28. The lowest BCUT2D eigenvalue weighted by molar-refractivity contribution is 0.278. The van der Waals surface area contributed by atoms with Gasteiger partial charge in [-0.2, -0.15) is 0 Å². The summed E-state index contributed by atoms with van der Waals surface area (Å²) >= 11 is 1.62. The average Bonchev–Trinajstić information content (AvgIpc) is 2.83. The number of aliphatic hydroxyl groups excluding tert-OH is 1. The van der Waals surface area contributed by atoms with Crippen molar-refractivity contribution in [1.29, 1.82) is 0 Å². The van der Waals surface area contributed by atoms with Crippen LogP contribution in [0.2, 0.25) is 0 Å². The molecule has 0 saturated heterocycles. The van der Waals surface area contributed by atoms with Crippen molar-refractivity contribution in [3.8, 4) is 10.4 Å². The molecule has 0 bridgehead atoms. The Bertz CT molecular complexity index is 649. The Morgan fingerprint density at radius 2 is 1.94 bits per heavy atom. The van der Waals surface area contributed by atoms with Gasteiger partial charge in [0.05, 0.1) is 12.3 Å². The molecule has 3 nitrogen and oxygen atoms in total. The third kappa shape index (κ3) is 1.81. The van der Waals surface area contributed by atoms with E-state index < -0.39 is 0 Å². The number of thiophene rings is 1. The molecule has 4 heteroatoms. The van der Waals surface area contributed by atoms with E-state index in [0.717, 1.165) is 15.1 Å². The highest BCUT2D eigenvalue weighted by molar-refractivity contribution is 7.21. The maximum Gasteiger partial charge on any atom is 0.127 e. The number of hydrogen-bond donors (Lipinski definition) is 1. The summed E-state index contributed by atoms with van der Waals surface area (Å²) in [5.74, 6) is 0. The zero-order chi connectivity index (χ0) is 11.7.